The van der Waals surface area contributed by atoms with E-state index in [2.05, 4.69) is 21.6 Å². The predicted molar refractivity (Wildman–Crippen MR) is 140 cm³/mol. The van der Waals surface area contributed by atoms with Crippen molar-refractivity contribution < 1.29 is 9.53 Å². The lowest BCUT2D eigenvalue weighted by Crippen LogP contribution is -2.15. The van der Waals surface area contributed by atoms with Gasteiger partial charge in [0.15, 0.2) is 17.1 Å². The van der Waals surface area contributed by atoms with Gasteiger partial charge in [-0.1, -0.05) is 42.8 Å². The second kappa shape index (κ2) is 11.7. The Bertz CT molecular complexity index is 1230. The van der Waals surface area contributed by atoms with Gasteiger partial charge < -0.3 is 14.6 Å². The van der Waals surface area contributed by atoms with E-state index in [0.717, 1.165) is 48.4 Å². The number of anilines is 1. The van der Waals surface area contributed by atoms with Crippen LogP contribution in [0.2, 0.25) is 0 Å². The number of thiophene rings is 1. The van der Waals surface area contributed by atoms with Crippen LogP contribution in [0.25, 0.3) is 0 Å². The standard InChI is InChI=1S/C26H31N5O2S2/c1-4-31-24(18(3)33-21-13-10-9-11-17(21)2)29-30-26(31)34-16-23(32)28-25-20(15-27)19-12-7-5-6-8-14-22(19)35-25/h9-11,13,18H,4-8,12,14,16H2,1-3H3,(H,28,32). The summed E-state index contributed by atoms with van der Waals surface area (Å²) >= 11 is 2.91. The third kappa shape index (κ3) is 5.88. The highest BCUT2D eigenvalue weighted by molar-refractivity contribution is 7.99. The first-order chi connectivity index (χ1) is 17.0. The highest BCUT2D eigenvalue weighted by atomic mass is 32.2. The Kier molecular flexibility index (Phi) is 8.47. The van der Waals surface area contributed by atoms with E-state index in [1.54, 1.807) is 11.3 Å². The maximum Gasteiger partial charge on any atom is 0.235 e. The van der Waals surface area contributed by atoms with Crippen LogP contribution in [0.3, 0.4) is 0 Å². The molecule has 0 radical (unpaired) electrons. The molecule has 0 saturated heterocycles. The molecule has 35 heavy (non-hydrogen) atoms. The summed E-state index contributed by atoms with van der Waals surface area (Å²) in [5.41, 5.74) is 2.84. The summed E-state index contributed by atoms with van der Waals surface area (Å²) in [6.45, 7) is 6.66. The number of thioether (sulfide) groups is 1. The summed E-state index contributed by atoms with van der Waals surface area (Å²) in [5.74, 6) is 1.59. The molecule has 4 rings (SSSR count). The summed E-state index contributed by atoms with van der Waals surface area (Å²) in [7, 11) is 0. The average Bonchev–Trinajstić information content (AvgIpc) is 3.39. The molecule has 1 atom stereocenters. The molecule has 1 amide bonds. The quantitative estimate of drug-likeness (QED) is 0.371. The number of carbonyl (C=O) groups is 1. The predicted octanol–water partition coefficient (Wildman–Crippen LogP) is 6.07. The number of benzene rings is 1. The van der Waals surface area contributed by atoms with Crippen molar-refractivity contribution in [1.29, 1.82) is 5.26 Å². The second-order valence-electron chi connectivity index (χ2n) is 8.68. The van der Waals surface area contributed by atoms with Crippen molar-refractivity contribution in [3.05, 3.63) is 51.7 Å². The number of amides is 1. The van der Waals surface area contributed by atoms with Crippen molar-refractivity contribution in [1.82, 2.24) is 14.8 Å². The van der Waals surface area contributed by atoms with Crippen LogP contribution in [-0.4, -0.2) is 26.4 Å². The molecule has 1 aliphatic carbocycles. The highest BCUT2D eigenvalue weighted by Crippen LogP contribution is 2.36. The normalized spacial score (nSPS) is 14.3. The topological polar surface area (TPSA) is 92.8 Å². The van der Waals surface area contributed by atoms with Gasteiger partial charge in [-0.25, -0.2) is 0 Å². The van der Waals surface area contributed by atoms with E-state index >= 15 is 0 Å². The molecule has 0 spiro atoms. The number of nitrogens with zero attached hydrogens (tertiary/aromatic N) is 4. The van der Waals surface area contributed by atoms with E-state index in [1.165, 1.54) is 29.5 Å². The number of hydrogen-bond acceptors (Lipinski definition) is 7. The number of aromatic nitrogens is 3. The maximum absolute atomic E-state index is 12.8. The van der Waals surface area contributed by atoms with Crippen LogP contribution in [0.4, 0.5) is 5.00 Å². The minimum Gasteiger partial charge on any atom is -0.482 e. The number of nitrogens with one attached hydrogen (secondary N) is 1. The zero-order chi connectivity index (χ0) is 24.8. The molecular weight excluding hydrogens is 478 g/mol. The fourth-order valence-corrected chi connectivity index (χ4v) is 6.42. The summed E-state index contributed by atoms with van der Waals surface area (Å²) in [6, 6.07) is 10.2. The molecule has 184 valence electrons. The van der Waals surface area contributed by atoms with Gasteiger partial charge in [0, 0.05) is 11.4 Å². The minimum atomic E-state index is -0.282. The number of rotatable bonds is 8. The van der Waals surface area contributed by atoms with Crippen molar-refractivity contribution in [2.24, 2.45) is 0 Å². The number of hydrogen-bond donors (Lipinski definition) is 1. The van der Waals surface area contributed by atoms with Crippen LogP contribution in [-0.2, 0) is 24.2 Å². The smallest absolute Gasteiger partial charge is 0.235 e. The van der Waals surface area contributed by atoms with E-state index < -0.39 is 0 Å². The van der Waals surface area contributed by atoms with Crippen LogP contribution < -0.4 is 10.1 Å². The zero-order valence-electron chi connectivity index (χ0n) is 20.5. The Hall–Kier alpha value is -2.83. The number of nitriles is 1. The van der Waals surface area contributed by atoms with Gasteiger partial charge in [-0.15, -0.1) is 21.5 Å². The van der Waals surface area contributed by atoms with E-state index in [0.29, 0.717) is 22.3 Å². The number of para-hydroxylation sites is 1. The Morgan fingerprint density at radius 3 is 2.77 bits per heavy atom. The molecule has 1 N–H and O–H groups in total. The van der Waals surface area contributed by atoms with Crippen molar-refractivity contribution in [2.45, 2.75) is 77.1 Å². The Labute approximate surface area is 214 Å². The number of fused-ring (bicyclic) bond motifs is 1. The fourth-order valence-electron chi connectivity index (χ4n) is 4.36. The molecule has 0 aliphatic heterocycles. The Balaban J connectivity index is 1.42. The lowest BCUT2D eigenvalue weighted by molar-refractivity contribution is -0.113. The highest BCUT2D eigenvalue weighted by Gasteiger charge is 2.22. The van der Waals surface area contributed by atoms with E-state index in [9.17, 15) is 10.1 Å². The van der Waals surface area contributed by atoms with Gasteiger partial charge in [-0.3, -0.25) is 4.79 Å². The van der Waals surface area contributed by atoms with Gasteiger partial charge in [0.2, 0.25) is 5.91 Å². The van der Waals surface area contributed by atoms with E-state index in [1.807, 2.05) is 49.6 Å². The van der Waals surface area contributed by atoms with E-state index in [4.69, 9.17) is 4.74 Å². The largest absolute Gasteiger partial charge is 0.482 e. The first kappa shape index (κ1) is 25.3. The van der Waals surface area contributed by atoms with Gasteiger partial charge in [0.1, 0.15) is 16.8 Å². The summed E-state index contributed by atoms with van der Waals surface area (Å²) in [5, 5.41) is 22.8. The fraction of sp³-hybridized carbons (Fsp3) is 0.462. The number of carbonyl (C=O) groups excluding carboxylic acids is 1. The van der Waals surface area contributed by atoms with Crippen molar-refractivity contribution in [3.63, 3.8) is 0 Å². The van der Waals surface area contributed by atoms with Gasteiger partial charge in [-0.05, 0) is 63.6 Å². The third-order valence-corrected chi connectivity index (χ3v) is 8.37. The van der Waals surface area contributed by atoms with Crippen molar-refractivity contribution >= 4 is 34.0 Å². The van der Waals surface area contributed by atoms with Crippen LogP contribution in [0.5, 0.6) is 5.75 Å². The lowest BCUT2D eigenvalue weighted by atomic mass is 9.97. The number of aryl methyl sites for hydroxylation is 2. The van der Waals surface area contributed by atoms with Gasteiger partial charge in [0.05, 0.1) is 11.3 Å². The molecule has 0 bridgehead atoms. The molecule has 0 fully saturated rings. The van der Waals surface area contributed by atoms with Crippen molar-refractivity contribution in [2.75, 3.05) is 11.1 Å². The Morgan fingerprint density at radius 2 is 2.03 bits per heavy atom. The maximum atomic E-state index is 12.8. The second-order valence-corrected chi connectivity index (χ2v) is 10.7. The van der Waals surface area contributed by atoms with Crippen molar-refractivity contribution in [3.8, 4) is 11.8 Å². The van der Waals surface area contributed by atoms with Crippen LogP contribution >= 0.6 is 23.1 Å². The van der Waals surface area contributed by atoms with Crippen LogP contribution in [0.1, 0.15) is 73.0 Å². The Morgan fingerprint density at radius 1 is 1.26 bits per heavy atom. The lowest BCUT2D eigenvalue weighted by Gasteiger charge is -2.16. The number of ether oxygens (including phenoxy) is 1. The summed E-state index contributed by atoms with van der Waals surface area (Å²) < 4.78 is 8.12. The minimum absolute atomic E-state index is 0.142. The van der Waals surface area contributed by atoms with Crippen LogP contribution in [0.15, 0.2) is 29.4 Å². The first-order valence-corrected chi connectivity index (χ1v) is 13.9. The van der Waals surface area contributed by atoms with Crippen LogP contribution in [0, 0.1) is 18.3 Å². The molecule has 2 aromatic heterocycles. The molecule has 3 aromatic rings. The molecule has 2 heterocycles. The first-order valence-electron chi connectivity index (χ1n) is 12.1. The molecule has 1 unspecified atom stereocenters. The molecule has 0 saturated carbocycles. The van der Waals surface area contributed by atoms with Gasteiger partial charge >= 0.3 is 0 Å². The van der Waals surface area contributed by atoms with E-state index in [-0.39, 0.29) is 17.8 Å². The molecule has 1 aromatic carbocycles. The summed E-state index contributed by atoms with van der Waals surface area (Å²) in [6.07, 6.45) is 6.30. The van der Waals surface area contributed by atoms with Gasteiger partial charge in [-0.2, -0.15) is 5.26 Å². The molecule has 1 aliphatic rings. The average molecular weight is 510 g/mol. The van der Waals surface area contributed by atoms with Gasteiger partial charge in [0.25, 0.3) is 0 Å². The third-order valence-electron chi connectivity index (χ3n) is 6.19. The SMILES string of the molecule is CCn1c(SCC(=O)Nc2sc3c(c2C#N)CCCCCC3)nnc1C(C)Oc1ccccc1C. The summed E-state index contributed by atoms with van der Waals surface area (Å²) in [4.78, 5) is 14.1. The molecule has 7 nitrogen and oxygen atoms in total. The monoisotopic (exact) mass is 509 g/mol. The zero-order valence-corrected chi connectivity index (χ0v) is 22.1. The molecule has 9 heteroatoms. The molecular formula is C26H31N5O2S2.